The molecule has 2 unspecified atom stereocenters. The summed E-state index contributed by atoms with van der Waals surface area (Å²) in [6.07, 6.45) is 0. The largest absolute Gasteiger partial charge is 0.312 e. The van der Waals surface area contributed by atoms with Crippen LogP contribution >= 0.6 is 11.6 Å². The van der Waals surface area contributed by atoms with Crippen LogP contribution in [-0.4, -0.2) is 55.6 Å². The number of halogens is 2. The Morgan fingerprint density at radius 3 is 2.63 bits per heavy atom. The normalized spacial score (nSPS) is 31.4. The predicted octanol–water partition coefficient (Wildman–Crippen LogP) is 1.74. The van der Waals surface area contributed by atoms with Gasteiger partial charge in [0.2, 0.25) is 0 Å². The summed E-state index contributed by atoms with van der Waals surface area (Å²) in [6.45, 7) is 5.50. The molecule has 1 N–H and O–H groups in total. The monoisotopic (exact) mass is 283 g/mol. The van der Waals surface area contributed by atoms with Crippen LogP contribution in [0.1, 0.15) is 11.6 Å². The molecule has 3 aliphatic heterocycles. The highest BCUT2D eigenvalue weighted by Gasteiger charge is 2.37. The molecule has 3 aliphatic rings. The van der Waals surface area contributed by atoms with Crippen LogP contribution in [-0.2, 0) is 0 Å². The van der Waals surface area contributed by atoms with Crippen molar-refractivity contribution < 1.29 is 4.39 Å². The van der Waals surface area contributed by atoms with Gasteiger partial charge in [0.05, 0.1) is 6.04 Å². The van der Waals surface area contributed by atoms with Crippen LogP contribution in [0.3, 0.4) is 0 Å². The summed E-state index contributed by atoms with van der Waals surface area (Å²) < 4.78 is 13.5. The molecule has 0 aliphatic carbocycles. The van der Waals surface area contributed by atoms with Crippen LogP contribution in [0, 0.1) is 5.82 Å². The molecular weight excluding hydrogens is 265 g/mol. The Balaban J connectivity index is 1.90. The molecule has 1 aromatic rings. The van der Waals surface area contributed by atoms with E-state index < -0.39 is 0 Å². The van der Waals surface area contributed by atoms with Gasteiger partial charge >= 0.3 is 0 Å². The summed E-state index contributed by atoms with van der Waals surface area (Å²) in [4.78, 5) is 4.96. The van der Waals surface area contributed by atoms with Crippen molar-refractivity contribution in [2.75, 3.05) is 39.8 Å². The van der Waals surface area contributed by atoms with Crippen molar-refractivity contribution >= 4 is 11.6 Å². The molecule has 2 bridgehead atoms. The van der Waals surface area contributed by atoms with E-state index in [4.69, 9.17) is 11.6 Å². The van der Waals surface area contributed by atoms with Gasteiger partial charge in [-0.25, -0.2) is 4.39 Å². The third-order valence-corrected chi connectivity index (χ3v) is 4.65. The summed E-state index contributed by atoms with van der Waals surface area (Å²) in [5, 5.41) is 3.96. The van der Waals surface area contributed by atoms with E-state index in [1.54, 1.807) is 12.1 Å². The summed E-state index contributed by atoms with van der Waals surface area (Å²) in [7, 11) is 1.92. The minimum absolute atomic E-state index is 0.0753. The third kappa shape index (κ3) is 2.50. The first-order valence-corrected chi connectivity index (χ1v) is 7.15. The van der Waals surface area contributed by atoms with Gasteiger partial charge in [0.15, 0.2) is 0 Å². The molecule has 0 aromatic heterocycles. The Bertz CT molecular complexity index is 460. The van der Waals surface area contributed by atoms with E-state index in [9.17, 15) is 4.39 Å². The maximum absolute atomic E-state index is 13.5. The number of rotatable bonds is 3. The average Bonchev–Trinajstić information content (AvgIpc) is 2.45. The lowest BCUT2D eigenvalue weighted by molar-refractivity contribution is -0.00256. The molecule has 4 rings (SSSR count). The first-order chi connectivity index (χ1) is 9.19. The molecule has 3 fully saturated rings. The minimum Gasteiger partial charge on any atom is -0.312 e. The van der Waals surface area contributed by atoms with Gasteiger partial charge in [-0.05, 0) is 30.8 Å². The molecule has 3 nitrogen and oxygen atoms in total. The second kappa shape index (κ2) is 5.37. The number of fused-ring (bicyclic) bond motifs is 3. The summed E-state index contributed by atoms with van der Waals surface area (Å²) in [6, 6.07) is 5.06. The molecule has 2 atom stereocenters. The number of hydrogen-bond donors (Lipinski definition) is 1. The quantitative estimate of drug-likeness (QED) is 0.912. The smallest absolute Gasteiger partial charge is 0.123 e. The van der Waals surface area contributed by atoms with Gasteiger partial charge in [0.1, 0.15) is 5.82 Å². The van der Waals surface area contributed by atoms with Gasteiger partial charge in [-0.3, -0.25) is 9.80 Å². The molecule has 3 heterocycles. The second-order valence-electron chi connectivity index (χ2n) is 5.34. The topological polar surface area (TPSA) is 18.5 Å². The molecule has 0 radical (unpaired) electrons. The average molecular weight is 284 g/mol. The van der Waals surface area contributed by atoms with E-state index >= 15 is 0 Å². The van der Waals surface area contributed by atoms with Crippen molar-refractivity contribution in [1.82, 2.24) is 15.1 Å². The minimum atomic E-state index is -0.226. The number of benzene rings is 1. The molecule has 104 valence electrons. The summed E-state index contributed by atoms with van der Waals surface area (Å²) >= 11 is 6.25. The molecule has 0 spiro atoms. The Hall–Kier alpha value is -0.680. The predicted molar refractivity (Wildman–Crippen MR) is 75.0 cm³/mol. The van der Waals surface area contributed by atoms with Gasteiger partial charge in [0, 0.05) is 43.8 Å². The Morgan fingerprint density at radius 1 is 1.32 bits per heavy atom. The van der Waals surface area contributed by atoms with Gasteiger partial charge < -0.3 is 5.32 Å². The molecule has 19 heavy (non-hydrogen) atoms. The van der Waals surface area contributed by atoms with Gasteiger partial charge in [0.25, 0.3) is 0 Å². The van der Waals surface area contributed by atoms with E-state index in [-0.39, 0.29) is 11.9 Å². The van der Waals surface area contributed by atoms with E-state index in [2.05, 4.69) is 15.1 Å². The molecule has 5 heteroatoms. The zero-order valence-corrected chi connectivity index (χ0v) is 11.8. The van der Waals surface area contributed by atoms with Gasteiger partial charge in [-0.2, -0.15) is 0 Å². The van der Waals surface area contributed by atoms with Crippen molar-refractivity contribution in [3.63, 3.8) is 0 Å². The molecule has 1 aromatic carbocycles. The fourth-order valence-corrected chi connectivity index (χ4v) is 3.52. The third-order valence-electron chi connectivity index (χ3n) is 4.31. The highest BCUT2D eigenvalue weighted by Crippen LogP contribution is 2.31. The zero-order chi connectivity index (χ0) is 13.4. The standard InChI is InChI=1S/C14H19ClFN3/c1-17-14(11-8-10(16)2-3-12(11)15)13-9-18-4-6-19(13)7-5-18/h2-3,8,13-14,17H,4-7,9H2,1H3. The summed E-state index contributed by atoms with van der Waals surface area (Å²) in [5.41, 5.74) is 0.864. The van der Waals surface area contributed by atoms with Crippen LogP contribution in [0.15, 0.2) is 18.2 Å². The first-order valence-electron chi connectivity index (χ1n) is 6.77. The van der Waals surface area contributed by atoms with Crippen molar-refractivity contribution in [1.29, 1.82) is 0 Å². The summed E-state index contributed by atoms with van der Waals surface area (Å²) in [5.74, 6) is -0.226. The fraction of sp³-hybridized carbons (Fsp3) is 0.571. The Kier molecular flexibility index (Phi) is 3.76. The Labute approximate surface area is 118 Å². The van der Waals surface area contributed by atoms with E-state index in [1.165, 1.54) is 6.07 Å². The van der Waals surface area contributed by atoms with Crippen LogP contribution in [0.5, 0.6) is 0 Å². The van der Waals surface area contributed by atoms with Gasteiger partial charge in [-0.15, -0.1) is 0 Å². The van der Waals surface area contributed by atoms with Crippen molar-refractivity contribution in [3.05, 3.63) is 34.6 Å². The van der Waals surface area contributed by atoms with Crippen molar-refractivity contribution in [2.24, 2.45) is 0 Å². The van der Waals surface area contributed by atoms with E-state index in [0.717, 1.165) is 38.3 Å². The zero-order valence-electron chi connectivity index (χ0n) is 11.1. The number of nitrogens with zero attached hydrogens (tertiary/aromatic N) is 2. The number of hydrogen-bond acceptors (Lipinski definition) is 3. The Morgan fingerprint density at radius 2 is 2.05 bits per heavy atom. The maximum atomic E-state index is 13.5. The van der Waals surface area contributed by atoms with E-state index in [0.29, 0.717) is 11.1 Å². The molecule has 0 saturated carbocycles. The second-order valence-corrected chi connectivity index (χ2v) is 5.74. The molecular formula is C14H19ClFN3. The van der Waals surface area contributed by atoms with Crippen LogP contribution < -0.4 is 5.32 Å². The molecule has 0 amide bonds. The lowest BCUT2D eigenvalue weighted by atomic mass is 9.94. The lowest BCUT2D eigenvalue weighted by Crippen LogP contribution is -2.63. The number of likely N-dealkylation sites (N-methyl/N-ethyl adjacent to an activating group) is 1. The van der Waals surface area contributed by atoms with Crippen LogP contribution in [0.4, 0.5) is 4.39 Å². The fourth-order valence-electron chi connectivity index (χ4n) is 3.28. The van der Waals surface area contributed by atoms with Crippen LogP contribution in [0.2, 0.25) is 5.02 Å². The highest BCUT2D eigenvalue weighted by atomic mass is 35.5. The molecule has 3 saturated heterocycles. The number of nitrogens with one attached hydrogen (secondary N) is 1. The van der Waals surface area contributed by atoms with Gasteiger partial charge in [-0.1, -0.05) is 11.6 Å². The maximum Gasteiger partial charge on any atom is 0.123 e. The van der Waals surface area contributed by atoms with Crippen LogP contribution in [0.25, 0.3) is 0 Å². The lowest BCUT2D eigenvalue weighted by Gasteiger charge is -2.50. The number of piperazine rings is 3. The van der Waals surface area contributed by atoms with E-state index in [1.807, 2.05) is 7.05 Å². The van der Waals surface area contributed by atoms with Crippen molar-refractivity contribution in [2.45, 2.75) is 12.1 Å². The van der Waals surface area contributed by atoms with Crippen molar-refractivity contribution in [3.8, 4) is 0 Å². The first kappa shape index (κ1) is 13.3. The highest BCUT2D eigenvalue weighted by molar-refractivity contribution is 6.31. The SMILES string of the molecule is CNC(c1cc(F)ccc1Cl)C1CN2CCN1CC2.